The monoisotopic (exact) mass is 497 g/mol. The second kappa shape index (κ2) is 11.2. The van der Waals surface area contributed by atoms with Gasteiger partial charge >= 0.3 is 0 Å². The van der Waals surface area contributed by atoms with Crippen molar-refractivity contribution in [2.24, 2.45) is 5.92 Å². The van der Waals surface area contributed by atoms with Crippen molar-refractivity contribution in [1.82, 2.24) is 14.7 Å². The number of carbonyl (C=O) groups is 2. The van der Waals surface area contributed by atoms with Crippen molar-refractivity contribution in [2.45, 2.75) is 57.4 Å². The van der Waals surface area contributed by atoms with E-state index >= 15 is 0 Å². The number of amides is 2. The minimum atomic E-state index is -0.249. The summed E-state index contributed by atoms with van der Waals surface area (Å²) in [6.07, 6.45) is 8.56. The molecule has 0 bridgehead atoms. The van der Waals surface area contributed by atoms with Gasteiger partial charge in [0.25, 0.3) is 0 Å². The Hall–Kier alpha value is -2.25. The molecule has 2 fully saturated rings. The van der Waals surface area contributed by atoms with Gasteiger partial charge in [-0.1, -0.05) is 37.8 Å². The molecule has 5 nitrogen and oxygen atoms in total. The van der Waals surface area contributed by atoms with Crippen LogP contribution in [0.2, 0.25) is 0 Å². The molecule has 2 amide bonds. The largest absolute Gasteiger partial charge is 0.341 e. The van der Waals surface area contributed by atoms with E-state index in [4.69, 9.17) is 0 Å². The third-order valence-corrected chi connectivity index (χ3v) is 9.01. The smallest absolute Gasteiger partial charge is 0.236 e. The number of hydrogen-bond acceptors (Lipinski definition) is 4. The Morgan fingerprint density at radius 1 is 0.943 bits per heavy atom. The number of benzene rings is 1. The maximum Gasteiger partial charge on any atom is 0.236 e. The van der Waals surface area contributed by atoms with E-state index in [9.17, 15) is 14.0 Å². The van der Waals surface area contributed by atoms with E-state index in [2.05, 4.69) is 16.3 Å². The second-order valence-corrected chi connectivity index (χ2v) is 11.3. The maximum absolute atomic E-state index is 14.1. The van der Waals surface area contributed by atoms with E-state index in [1.54, 1.807) is 23.5 Å². The molecule has 0 unspecified atom stereocenters. The highest BCUT2D eigenvalue weighted by Gasteiger charge is 2.32. The van der Waals surface area contributed by atoms with Crippen LogP contribution in [0.1, 0.15) is 67.0 Å². The summed E-state index contributed by atoms with van der Waals surface area (Å²) in [5.74, 6) is 0.827. The van der Waals surface area contributed by atoms with Gasteiger partial charge in [0, 0.05) is 44.0 Å². The number of thiophene rings is 1. The summed E-state index contributed by atoms with van der Waals surface area (Å²) in [5.41, 5.74) is 2.08. The molecule has 5 rings (SSSR count). The molecule has 35 heavy (non-hydrogen) atoms. The van der Waals surface area contributed by atoms with Gasteiger partial charge in [0.15, 0.2) is 0 Å². The molecule has 0 spiro atoms. The minimum absolute atomic E-state index is 0.102. The molecule has 3 aliphatic rings. The second-order valence-electron chi connectivity index (χ2n) is 10.3. The molecule has 1 aromatic carbocycles. The SMILES string of the molecule is O=C(CCC1CCCC1)N1CCCN(C(=O)CN2CCc3sccc3[C@H]2c2cccc(F)c2)CC1. The maximum atomic E-state index is 14.1. The van der Waals surface area contributed by atoms with Gasteiger partial charge in [-0.3, -0.25) is 14.5 Å². The zero-order valence-electron chi connectivity index (χ0n) is 20.5. The van der Waals surface area contributed by atoms with Gasteiger partial charge in [0.05, 0.1) is 12.6 Å². The van der Waals surface area contributed by atoms with E-state index in [-0.39, 0.29) is 23.7 Å². The molecule has 0 radical (unpaired) electrons. The third-order valence-electron chi connectivity index (χ3n) is 8.01. The van der Waals surface area contributed by atoms with Crippen LogP contribution in [0.3, 0.4) is 0 Å². The summed E-state index contributed by atoms with van der Waals surface area (Å²) >= 11 is 1.74. The Balaban J connectivity index is 1.20. The highest BCUT2D eigenvalue weighted by atomic mass is 32.1. The van der Waals surface area contributed by atoms with Crippen LogP contribution in [0.15, 0.2) is 35.7 Å². The number of hydrogen-bond donors (Lipinski definition) is 0. The fourth-order valence-electron chi connectivity index (χ4n) is 6.08. The Morgan fingerprint density at radius 3 is 2.49 bits per heavy atom. The first-order valence-corrected chi connectivity index (χ1v) is 14.1. The lowest BCUT2D eigenvalue weighted by Crippen LogP contribution is -2.45. The first-order chi connectivity index (χ1) is 17.1. The molecule has 1 saturated carbocycles. The van der Waals surface area contributed by atoms with Crippen molar-refractivity contribution in [2.75, 3.05) is 39.3 Å². The quantitative estimate of drug-likeness (QED) is 0.572. The topological polar surface area (TPSA) is 43.9 Å². The fourth-order valence-corrected chi connectivity index (χ4v) is 6.98. The summed E-state index contributed by atoms with van der Waals surface area (Å²) in [6, 6.07) is 8.78. The van der Waals surface area contributed by atoms with Crippen LogP contribution >= 0.6 is 11.3 Å². The first-order valence-electron chi connectivity index (χ1n) is 13.2. The predicted octanol–water partition coefficient (Wildman–Crippen LogP) is 4.87. The van der Waals surface area contributed by atoms with Gasteiger partial charge in [-0.15, -0.1) is 11.3 Å². The molecule has 1 saturated heterocycles. The number of fused-ring (bicyclic) bond motifs is 1. The van der Waals surface area contributed by atoms with Gasteiger partial charge in [-0.2, -0.15) is 0 Å². The van der Waals surface area contributed by atoms with E-state index in [1.807, 2.05) is 15.9 Å². The average molecular weight is 498 g/mol. The summed E-state index contributed by atoms with van der Waals surface area (Å²) in [5, 5.41) is 2.09. The normalized spacial score (nSPS) is 21.7. The average Bonchev–Trinajstić information content (AvgIpc) is 3.49. The van der Waals surface area contributed by atoms with Crippen molar-refractivity contribution in [3.05, 3.63) is 57.5 Å². The van der Waals surface area contributed by atoms with Crippen LogP contribution in [-0.4, -0.2) is 65.8 Å². The molecule has 3 heterocycles. The number of rotatable bonds is 6. The third kappa shape index (κ3) is 5.78. The lowest BCUT2D eigenvalue weighted by molar-refractivity contribution is -0.134. The number of nitrogens with zero attached hydrogens (tertiary/aromatic N) is 3. The molecular weight excluding hydrogens is 461 g/mol. The van der Waals surface area contributed by atoms with Gasteiger partial charge in [0.1, 0.15) is 5.82 Å². The van der Waals surface area contributed by atoms with Crippen LogP contribution < -0.4 is 0 Å². The van der Waals surface area contributed by atoms with Crippen molar-refractivity contribution in [3.8, 4) is 0 Å². The van der Waals surface area contributed by atoms with Gasteiger partial charge in [0.2, 0.25) is 11.8 Å². The van der Waals surface area contributed by atoms with Crippen molar-refractivity contribution >= 4 is 23.2 Å². The van der Waals surface area contributed by atoms with Crippen LogP contribution in [0.4, 0.5) is 4.39 Å². The lowest BCUT2D eigenvalue weighted by Gasteiger charge is -2.37. The predicted molar refractivity (Wildman–Crippen MR) is 137 cm³/mol. The van der Waals surface area contributed by atoms with Gasteiger partial charge < -0.3 is 9.80 Å². The molecule has 2 aliphatic heterocycles. The Morgan fingerprint density at radius 2 is 1.71 bits per heavy atom. The molecular formula is C28H36FN3O2S. The highest BCUT2D eigenvalue weighted by Crippen LogP contribution is 2.38. The highest BCUT2D eigenvalue weighted by molar-refractivity contribution is 7.10. The fraction of sp³-hybridized carbons (Fsp3) is 0.571. The van der Waals surface area contributed by atoms with Gasteiger partial charge in [-0.25, -0.2) is 4.39 Å². The van der Waals surface area contributed by atoms with E-state index in [1.165, 1.54) is 42.2 Å². The molecule has 1 aromatic heterocycles. The van der Waals surface area contributed by atoms with Gasteiger partial charge in [-0.05, 0) is 59.9 Å². The molecule has 1 aliphatic carbocycles. The Labute approximate surface area is 211 Å². The standard InChI is InChI=1S/C28H36FN3O2S/c29-23-8-3-7-22(19-23)28-24-12-18-35-25(24)11-15-32(28)20-27(34)31-14-4-13-30(16-17-31)26(33)10-9-21-5-1-2-6-21/h3,7-8,12,18-19,21,28H,1-2,4-6,9-11,13-17,20H2/t28-/m1/s1. The molecule has 188 valence electrons. The molecule has 7 heteroatoms. The summed E-state index contributed by atoms with van der Waals surface area (Å²) in [4.78, 5) is 33.6. The zero-order valence-corrected chi connectivity index (χ0v) is 21.3. The number of carbonyl (C=O) groups excluding carboxylic acids is 2. The Kier molecular flexibility index (Phi) is 7.83. The van der Waals surface area contributed by atoms with Crippen LogP contribution in [0, 0.1) is 11.7 Å². The molecule has 0 N–H and O–H groups in total. The van der Waals surface area contributed by atoms with Crippen molar-refractivity contribution < 1.29 is 14.0 Å². The minimum Gasteiger partial charge on any atom is -0.341 e. The van der Waals surface area contributed by atoms with Crippen LogP contribution in [-0.2, 0) is 16.0 Å². The lowest BCUT2D eigenvalue weighted by atomic mass is 9.93. The van der Waals surface area contributed by atoms with E-state index in [0.717, 1.165) is 43.8 Å². The first kappa shape index (κ1) is 24.4. The summed E-state index contributed by atoms with van der Waals surface area (Å²) < 4.78 is 14.1. The van der Waals surface area contributed by atoms with Crippen LogP contribution in [0.25, 0.3) is 0 Å². The number of halogens is 1. The van der Waals surface area contributed by atoms with E-state index in [0.29, 0.717) is 32.6 Å². The van der Waals surface area contributed by atoms with Crippen LogP contribution in [0.5, 0.6) is 0 Å². The summed E-state index contributed by atoms with van der Waals surface area (Å²) in [6.45, 7) is 3.73. The molecule has 2 aromatic rings. The Bertz CT molecular complexity index is 1030. The zero-order chi connectivity index (χ0) is 24.2. The van der Waals surface area contributed by atoms with E-state index < -0.39 is 0 Å². The van der Waals surface area contributed by atoms with Crippen molar-refractivity contribution in [1.29, 1.82) is 0 Å². The molecule has 1 atom stereocenters. The summed E-state index contributed by atoms with van der Waals surface area (Å²) in [7, 11) is 0. The van der Waals surface area contributed by atoms with Crippen molar-refractivity contribution in [3.63, 3.8) is 0 Å².